The van der Waals surface area contributed by atoms with Crippen LogP contribution < -0.4 is 23.7 Å². The highest BCUT2D eigenvalue weighted by Crippen LogP contribution is 2.41. The zero-order chi connectivity index (χ0) is 25.8. The van der Waals surface area contributed by atoms with Crippen molar-refractivity contribution in [2.45, 2.75) is 19.4 Å². The number of hydrazone groups is 1. The maximum Gasteiger partial charge on any atom is 0.274 e. The van der Waals surface area contributed by atoms with E-state index in [4.69, 9.17) is 28.8 Å². The van der Waals surface area contributed by atoms with Crippen molar-refractivity contribution in [1.82, 2.24) is 5.01 Å². The van der Waals surface area contributed by atoms with Gasteiger partial charge in [-0.15, -0.1) is 0 Å². The lowest BCUT2D eigenvalue weighted by Crippen LogP contribution is -2.27. The number of carbonyl (C=O) groups excluding carboxylic acids is 1. The van der Waals surface area contributed by atoms with Crippen molar-refractivity contribution in [2.75, 3.05) is 35.5 Å². The molecule has 1 aliphatic heterocycles. The third-order valence-electron chi connectivity index (χ3n) is 6.21. The molecule has 0 aliphatic carbocycles. The van der Waals surface area contributed by atoms with Crippen LogP contribution in [0.25, 0.3) is 0 Å². The predicted molar refractivity (Wildman–Crippen MR) is 137 cm³/mol. The fourth-order valence-electron chi connectivity index (χ4n) is 4.27. The monoisotopic (exact) mass is 490 g/mol. The van der Waals surface area contributed by atoms with Crippen LogP contribution in [0.1, 0.15) is 39.5 Å². The summed E-state index contributed by atoms with van der Waals surface area (Å²) in [5.74, 6) is 2.16. The van der Waals surface area contributed by atoms with E-state index in [1.165, 1.54) is 26.3 Å². The molecule has 188 valence electrons. The number of methoxy groups -OCH3 is 5. The quantitative estimate of drug-likeness (QED) is 0.441. The molecule has 3 aromatic carbocycles. The van der Waals surface area contributed by atoms with Gasteiger partial charge in [0, 0.05) is 17.5 Å². The Balaban J connectivity index is 1.79. The van der Waals surface area contributed by atoms with Crippen LogP contribution in [-0.4, -0.2) is 52.2 Å². The number of amides is 1. The third kappa shape index (κ3) is 4.66. The third-order valence-corrected chi connectivity index (χ3v) is 6.21. The van der Waals surface area contributed by atoms with E-state index in [1.807, 2.05) is 49.4 Å². The first-order chi connectivity index (χ1) is 17.4. The molecule has 0 fully saturated rings. The SMILES string of the molecule is COc1ccc(C2=NN(C(=O)c3cc(OC)c(OC)c(OC)c3)[C@H](c3ccc(C)cc3)C2)cc1OC. The molecule has 0 saturated carbocycles. The Bertz CT molecular complexity index is 1260. The Kier molecular flexibility index (Phi) is 7.33. The van der Waals surface area contributed by atoms with Gasteiger partial charge in [0.2, 0.25) is 5.75 Å². The largest absolute Gasteiger partial charge is 0.493 e. The summed E-state index contributed by atoms with van der Waals surface area (Å²) in [6, 6.07) is 16.7. The van der Waals surface area contributed by atoms with E-state index in [0.29, 0.717) is 40.7 Å². The van der Waals surface area contributed by atoms with Gasteiger partial charge in [-0.3, -0.25) is 4.79 Å². The fraction of sp³-hybridized carbons (Fsp3) is 0.286. The van der Waals surface area contributed by atoms with Crippen molar-refractivity contribution in [2.24, 2.45) is 5.10 Å². The van der Waals surface area contributed by atoms with Crippen molar-refractivity contribution in [3.05, 3.63) is 76.9 Å². The number of hydrogen-bond donors (Lipinski definition) is 0. The normalized spacial score (nSPS) is 14.8. The number of carbonyl (C=O) groups is 1. The summed E-state index contributed by atoms with van der Waals surface area (Å²) in [5, 5.41) is 6.32. The van der Waals surface area contributed by atoms with Crippen molar-refractivity contribution in [1.29, 1.82) is 0 Å². The van der Waals surface area contributed by atoms with Crippen molar-refractivity contribution in [3.8, 4) is 28.7 Å². The van der Waals surface area contributed by atoms with Gasteiger partial charge in [-0.2, -0.15) is 5.10 Å². The minimum atomic E-state index is -0.291. The first-order valence-electron chi connectivity index (χ1n) is 11.4. The van der Waals surface area contributed by atoms with Crippen LogP contribution in [0.4, 0.5) is 0 Å². The van der Waals surface area contributed by atoms with Crippen LogP contribution in [0.5, 0.6) is 28.7 Å². The molecule has 0 radical (unpaired) electrons. The van der Waals surface area contributed by atoms with E-state index < -0.39 is 0 Å². The lowest BCUT2D eigenvalue weighted by atomic mass is 9.97. The number of rotatable bonds is 8. The number of nitrogens with zero attached hydrogens (tertiary/aromatic N) is 2. The Morgan fingerprint density at radius 1 is 0.778 bits per heavy atom. The van der Waals surface area contributed by atoms with Crippen molar-refractivity contribution < 1.29 is 28.5 Å². The summed E-state index contributed by atoms with van der Waals surface area (Å²) < 4.78 is 27.2. The van der Waals surface area contributed by atoms with E-state index in [-0.39, 0.29) is 11.9 Å². The van der Waals surface area contributed by atoms with Gasteiger partial charge in [-0.25, -0.2) is 5.01 Å². The first kappa shape index (κ1) is 24.9. The summed E-state index contributed by atoms with van der Waals surface area (Å²) in [5.41, 5.74) is 4.12. The van der Waals surface area contributed by atoms with E-state index in [2.05, 4.69) is 0 Å². The molecule has 4 rings (SSSR count). The van der Waals surface area contributed by atoms with Crippen molar-refractivity contribution in [3.63, 3.8) is 0 Å². The zero-order valence-electron chi connectivity index (χ0n) is 21.3. The van der Waals surface area contributed by atoms with Gasteiger partial charge in [0.1, 0.15) is 0 Å². The molecular weight excluding hydrogens is 460 g/mol. The molecule has 1 heterocycles. The van der Waals surface area contributed by atoms with Gasteiger partial charge >= 0.3 is 0 Å². The summed E-state index contributed by atoms with van der Waals surface area (Å²) in [7, 11) is 7.74. The van der Waals surface area contributed by atoms with Crippen molar-refractivity contribution >= 4 is 11.6 Å². The van der Waals surface area contributed by atoms with Crippen LogP contribution in [0.15, 0.2) is 59.7 Å². The highest BCUT2D eigenvalue weighted by Gasteiger charge is 2.35. The molecule has 8 nitrogen and oxygen atoms in total. The molecule has 0 unspecified atom stereocenters. The number of ether oxygens (including phenoxy) is 5. The molecule has 1 amide bonds. The van der Waals surface area contributed by atoms with Gasteiger partial charge in [0.05, 0.1) is 47.3 Å². The maximum absolute atomic E-state index is 13.9. The molecule has 0 spiro atoms. The Labute approximate surface area is 211 Å². The molecular formula is C28H30N2O6. The van der Waals surface area contributed by atoms with Crippen LogP contribution in [0.2, 0.25) is 0 Å². The second-order valence-electron chi connectivity index (χ2n) is 8.31. The second kappa shape index (κ2) is 10.6. The van der Waals surface area contributed by atoms with E-state index in [0.717, 1.165) is 22.4 Å². The lowest BCUT2D eigenvalue weighted by molar-refractivity contribution is 0.0710. The average molecular weight is 491 g/mol. The average Bonchev–Trinajstić information content (AvgIpc) is 3.37. The summed E-state index contributed by atoms with van der Waals surface area (Å²) in [6.07, 6.45) is 0.536. The number of aryl methyl sites for hydroxylation is 1. The summed E-state index contributed by atoms with van der Waals surface area (Å²) >= 11 is 0. The highest BCUT2D eigenvalue weighted by molar-refractivity contribution is 6.05. The molecule has 1 aliphatic rings. The van der Waals surface area contributed by atoms with Crippen LogP contribution in [0, 0.1) is 6.92 Å². The molecule has 0 bridgehead atoms. The summed E-state index contributed by atoms with van der Waals surface area (Å²) in [6.45, 7) is 2.03. The van der Waals surface area contributed by atoms with Gasteiger partial charge in [0.15, 0.2) is 23.0 Å². The van der Waals surface area contributed by atoms with Crippen LogP contribution in [-0.2, 0) is 0 Å². The van der Waals surface area contributed by atoms with Gasteiger partial charge in [-0.05, 0) is 42.8 Å². The fourth-order valence-corrected chi connectivity index (χ4v) is 4.27. The number of hydrogen-bond acceptors (Lipinski definition) is 7. The maximum atomic E-state index is 13.9. The smallest absolute Gasteiger partial charge is 0.274 e. The van der Waals surface area contributed by atoms with E-state index in [1.54, 1.807) is 26.4 Å². The lowest BCUT2D eigenvalue weighted by Gasteiger charge is -2.23. The topological polar surface area (TPSA) is 78.8 Å². The Morgan fingerprint density at radius 2 is 1.39 bits per heavy atom. The molecule has 0 saturated heterocycles. The van der Waals surface area contributed by atoms with Crippen LogP contribution >= 0.6 is 0 Å². The predicted octanol–water partition coefficient (Wildman–Crippen LogP) is 5.03. The highest BCUT2D eigenvalue weighted by atomic mass is 16.5. The Hall–Kier alpha value is -4.20. The van der Waals surface area contributed by atoms with Gasteiger partial charge in [-0.1, -0.05) is 29.8 Å². The first-order valence-corrected chi connectivity index (χ1v) is 11.4. The van der Waals surface area contributed by atoms with E-state index >= 15 is 0 Å². The zero-order valence-corrected chi connectivity index (χ0v) is 21.3. The number of benzene rings is 3. The minimum absolute atomic E-state index is 0.282. The molecule has 8 heteroatoms. The standard InChI is InChI=1S/C28H30N2O6/c1-17-7-9-18(10-8-17)22-16-21(19-11-12-23(32-2)24(13-19)33-3)29-30(22)28(31)20-14-25(34-4)27(36-6)26(15-20)35-5/h7-15,22H,16H2,1-6H3/t22-/m0/s1. The molecule has 3 aromatic rings. The molecule has 1 atom stereocenters. The van der Waals surface area contributed by atoms with Gasteiger partial charge < -0.3 is 23.7 Å². The Morgan fingerprint density at radius 3 is 1.94 bits per heavy atom. The molecule has 0 aromatic heterocycles. The minimum Gasteiger partial charge on any atom is -0.493 e. The second-order valence-corrected chi connectivity index (χ2v) is 8.31. The summed E-state index contributed by atoms with van der Waals surface area (Å²) in [4.78, 5) is 13.9. The molecule has 36 heavy (non-hydrogen) atoms. The van der Waals surface area contributed by atoms with Crippen LogP contribution in [0.3, 0.4) is 0 Å². The van der Waals surface area contributed by atoms with E-state index in [9.17, 15) is 4.79 Å². The molecule has 0 N–H and O–H groups in total. The van der Waals surface area contributed by atoms with Gasteiger partial charge in [0.25, 0.3) is 5.91 Å².